The first-order valence-corrected chi connectivity index (χ1v) is 11.8. The molecular weight excluding hydrogens is 448 g/mol. The molecule has 168 valence electrons. The molecule has 1 fully saturated rings. The number of hydrogen-bond acceptors (Lipinski definition) is 10. The van der Waals surface area contributed by atoms with Gasteiger partial charge in [-0.25, -0.2) is 9.97 Å². The molecule has 2 aromatic heterocycles. The van der Waals surface area contributed by atoms with E-state index >= 15 is 0 Å². The van der Waals surface area contributed by atoms with Crippen molar-refractivity contribution < 1.29 is 18.9 Å². The number of anilines is 2. The Morgan fingerprint density at radius 3 is 1.38 bits per heavy atom. The minimum atomic E-state index is 0.735. The van der Waals surface area contributed by atoms with Crippen molar-refractivity contribution in [2.45, 2.75) is 0 Å². The van der Waals surface area contributed by atoms with E-state index in [0.29, 0.717) is 0 Å². The third-order valence-electron chi connectivity index (χ3n) is 5.58. The highest BCUT2D eigenvalue weighted by Gasteiger charge is 2.24. The maximum atomic E-state index is 5.52. The summed E-state index contributed by atoms with van der Waals surface area (Å²) >= 11 is 3.33. The number of aromatic nitrogens is 2. The van der Waals surface area contributed by atoms with Crippen LogP contribution >= 0.6 is 22.7 Å². The molecule has 0 saturated carbocycles. The maximum absolute atomic E-state index is 5.52. The van der Waals surface area contributed by atoms with Crippen LogP contribution < -0.4 is 28.7 Å². The quantitative estimate of drug-likeness (QED) is 0.412. The number of methoxy groups -OCH3 is 4. The minimum absolute atomic E-state index is 0.735. The molecule has 32 heavy (non-hydrogen) atoms. The second kappa shape index (κ2) is 8.51. The zero-order chi connectivity index (χ0) is 22.2. The minimum Gasteiger partial charge on any atom is -0.497 e. The molecule has 0 N–H and O–H groups in total. The summed E-state index contributed by atoms with van der Waals surface area (Å²) < 4.78 is 24.0. The Balaban J connectivity index is 1.36. The summed E-state index contributed by atoms with van der Waals surface area (Å²) in [6.07, 6.45) is 0. The molecule has 0 radical (unpaired) electrons. The summed E-state index contributed by atoms with van der Waals surface area (Å²) in [5.74, 6) is 3.02. The molecule has 8 nitrogen and oxygen atoms in total. The van der Waals surface area contributed by atoms with Crippen molar-refractivity contribution in [1.82, 2.24) is 9.97 Å². The van der Waals surface area contributed by atoms with E-state index in [1.165, 1.54) is 0 Å². The molecule has 1 saturated heterocycles. The molecule has 10 heteroatoms. The molecule has 1 aliphatic heterocycles. The molecule has 2 aromatic carbocycles. The van der Waals surface area contributed by atoms with Crippen LogP contribution in [-0.2, 0) is 0 Å². The van der Waals surface area contributed by atoms with Crippen LogP contribution in [0, 0.1) is 0 Å². The van der Waals surface area contributed by atoms with E-state index in [-0.39, 0.29) is 0 Å². The van der Waals surface area contributed by atoms with Crippen molar-refractivity contribution in [3.63, 3.8) is 0 Å². The molecule has 5 rings (SSSR count). The van der Waals surface area contributed by atoms with Crippen molar-refractivity contribution in [1.29, 1.82) is 0 Å². The Morgan fingerprint density at radius 2 is 1.03 bits per heavy atom. The summed E-state index contributed by atoms with van der Waals surface area (Å²) in [6, 6.07) is 7.77. The van der Waals surface area contributed by atoms with Gasteiger partial charge in [0.05, 0.1) is 37.8 Å². The van der Waals surface area contributed by atoms with Gasteiger partial charge in [-0.3, -0.25) is 0 Å². The molecule has 3 heterocycles. The second-order valence-corrected chi connectivity index (χ2v) is 9.34. The summed E-state index contributed by atoms with van der Waals surface area (Å²) in [7, 11) is 6.65. The molecule has 4 aromatic rings. The lowest BCUT2D eigenvalue weighted by molar-refractivity contribution is 0.397. The number of rotatable bonds is 6. The normalized spacial score (nSPS) is 14.2. The zero-order valence-corrected chi connectivity index (χ0v) is 20.0. The second-order valence-electron chi connectivity index (χ2n) is 7.32. The smallest absolute Gasteiger partial charge is 0.186 e. The summed E-state index contributed by atoms with van der Waals surface area (Å²) in [5, 5.41) is 2.00. The number of piperazine rings is 1. The van der Waals surface area contributed by atoms with Gasteiger partial charge in [-0.05, 0) is 12.1 Å². The fourth-order valence-corrected chi connectivity index (χ4v) is 5.96. The largest absolute Gasteiger partial charge is 0.497 e. The number of ether oxygens (including phenoxy) is 4. The van der Waals surface area contributed by atoms with Gasteiger partial charge in [0.25, 0.3) is 0 Å². The Hall–Kier alpha value is -2.98. The Morgan fingerprint density at radius 1 is 0.625 bits per heavy atom. The van der Waals surface area contributed by atoms with Gasteiger partial charge in [-0.1, -0.05) is 22.7 Å². The van der Waals surface area contributed by atoms with Gasteiger partial charge < -0.3 is 28.7 Å². The molecule has 0 atom stereocenters. The molecule has 0 unspecified atom stereocenters. The van der Waals surface area contributed by atoms with Gasteiger partial charge in [0, 0.05) is 38.3 Å². The Kier molecular flexibility index (Phi) is 5.56. The predicted octanol–water partition coefficient (Wildman–Crippen LogP) is 4.27. The number of thiazole rings is 2. The van der Waals surface area contributed by atoms with Crippen molar-refractivity contribution in [3.05, 3.63) is 24.3 Å². The number of fused-ring (bicyclic) bond motifs is 2. The van der Waals surface area contributed by atoms with Gasteiger partial charge in [0.1, 0.15) is 34.0 Å². The molecule has 0 aliphatic carbocycles. The fourth-order valence-electron chi connectivity index (χ4n) is 3.83. The van der Waals surface area contributed by atoms with E-state index in [1.807, 2.05) is 24.3 Å². The molecule has 0 spiro atoms. The SMILES string of the molecule is COc1cc(OC)c2nc(N3CCN(c4nc5c(OC)cc(OC)cc5s4)CC3)sc2c1. The van der Waals surface area contributed by atoms with Crippen LogP contribution in [0.1, 0.15) is 0 Å². The average Bonchev–Trinajstić information content (AvgIpc) is 3.47. The van der Waals surface area contributed by atoms with Crippen LogP contribution in [-0.4, -0.2) is 64.6 Å². The van der Waals surface area contributed by atoms with E-state index in [2.05, 4.69) is 9.80 Å². The van der Waals surface area contributed by atoms with E-state index < -0.39 is 0 Å². The van der Waals surface area contributed by atoms with Gasteiger partial charge in [-0.2, -0.15) is 0 Å². The molecule has 1 aliphatic rings. The van der Waals surface area contributed by atoms with Crippen LogP contribution in [0.4, 0.5) is 10.3 Å². The standard InChI is InChI=1S/C22H24N4O4S2/c1-27-13-9-15(29-3)19-17(11-13)31-21(23-19)25-5-7-26(8-6-25)22-24-20-16(30-4)10-14(28-2)12-18(20)32-22/h9-12H,5-8H2,1-4H3. The van der Waals surface area contributed by atoms with E-state index in [9.17, 15) is 0 Å². The Labute approximate surface area is 193 Å². The predicted molar refractivity (Wildman–Crippen MR) is 130 cm³/mol. The van der Waals surface area contributed by atoms with Crippen LogP contribution in [0.3, 0.4) is 0 Å². The highest BCUT2D eigenvalue weighted by molar-refractivity contribution is 7.22. The lowest BCUT2D eigenvalue weighted by atomic mass is 10.3. The first kappa shape index (κ1) is 20.9. The summed E-state index contributed by atoms with van der Waals surface area (Å²) in [6.45, 7) is 3.48. The summed E-state index contributed by atoms with van der Waals surface area (Å²) in [4.78, 5) is 14.4. The third kappa shape index (κ3) is 3.63. The van der Waals surface area contributed by atoms with E-state index in [1.54, 1.807) is 51.1 Å². The van der Waals surface area contributed by atoms with Gasteiger partial charge in [0.2, 0.25) is 0 Å². The van der Waals surface area contributed by atoms with E-state index in [4.69, 9.17) is 28.9 Å². The molecule has 0 bridgehead atoms. The highest BCUT2D eigenvalue weighted by Crippen LogP contribution is 2.40. The fraction of sp³-hybridized carbons (Fsp3) is 0.364. The molecular formula is C22H24N4O4S2. The monoisotopic (exact) mass is 472 g/mol. The van der Waals surface area contributed by atoms with E-state index in [0.717, 1.165) is 79.9 Å². The lowest BCUT2D eigenvalue weighted by Crippen LogP contribution is -2.46. The number of benzene rings is 2. The van der Waals surface area contributed by atoms with Crippen molar-refractivity contribution >= 4 is 53.4 Å². The van der Waals surface area contributed by atoms with Crippen molar-refractivity contribution in [3.8, 4) is 23.0 Å². The summed E-state index contributed by atoms with van der Waals surface area (Å²) in [5.41, 5.74) is 1.76. The maximum Gasteiger partial charge on any atom is 0.186 e. The van der Waals surface area contributed by atoms with Gasteiger partial charge in [-0.15, -0.1) is 0 Å². The first-order valence-electron chi connectivity index (χ1n) is 10.2. The highest BCUT2D eigenvalue weighted by atomic mass is 32.1. The lowest BCUT2D eigenvalue weighted by Gasteiger charge is -2.34. The van der Waals surface area contributed by atoms with Crippen molar-refractivity contribution in [2.24, 2.45) is 0 Å². The van der Waals surface area contributed by atoms with Gasteiger partial charge >= 0.3 is 0 Å². The van der Waals surface area contributed by atoms with Crippen LogP contribution in [0.5, 0.6) is 23.0 Å². The van der Waals surface area contributed by atoms with Gasteiger partial charge in [0.15, 0.2) is 10.3 Å². The van der Waals surface area contributed by atoms with Crippen molar-refractivity contribution in [2.75, 3.05) is 64.4 Å². The Bertz CT molecular complexity index is 1170. The topological polar surface area (TPSA) is 69.2 Å². The first-order chi connectivity index (χ1) is 15.6. The third-order valence-corrected chi connectivity index (χ3v) is 7.70. The molecule has 0 amide bonds. The van der Waals surface area contributed by atoms with Crippen LogP contribution in [0.2, 0.25) is 0 Å². The van der Waals surface area contributed by atoms with Crippen LogP contribution in [0.25, 0.3) is 20.4 Å². The number of nitrogens with zero attached hydrogens (tertiary/aromatic N) is 4. The number of hydrogen-bond donors (Lipinski definition) is 0. The zero-order valence-electron chi connectivity index (χ0n) is 18.4. The average molecular weight is 473 g/mol. The van der Waals surface area contributed by atoms with Crippen LogP contribution in [0.15, 0.2) is 24.3 Å².